The summed E-state index contributed by atoms with van der Waals surface area (Å²) in [4.78, 5) is 15.8. The fourth-order valence-corrected chi connectivity index (χ4v) is 2.07. The summed E-state index contributed by atoms with van der Waals surface area (Å²) in [5.74, 6) is 0.985. The first-order chi connectivity index (χ1) is 8.13. The van der Waals surface area contributed by atoms with Crippen LogP contribution in [0.25, 0.3) is 0 Å². The Morgan fingerprint density at radius 3 is 2.71 bits per heavy atom. The van der Waals surface area contributed by atoms with Crippen molar-refractivity contribution in [3.63, 3.8) is 0 Å². The first-order valence-electron chi connectivity index (χ1n) is 6.46. The van der Waals surface area contributed by atoms with Gasteiger partial charge in [0, 0.05) is 26.6 Å². The van der Waals surface area contributed by atoms with Gasteiger partial charge in [-0.3, -0.25) is 4.79 Å². The minimum Gasteiger partial charge on any atom is -0.345 e. The third-order valence-electron chi connectivity index (χ3n) is 3.50. The molecule has 0 unspecified atom stereocenters. The first-order valence-corrected chi connectivity index (χ1v) is 6.46. The van der Waals surface area contributed by atoms with E-state index in [1.54, 1.807) is 11.9 Å². The zero-order chi connectivity index (χ0) is 12.7. The molecular weight excluding hydrogens is 214 g/mol. The van der Waals surface area contributed by atoms with Gasteiger partial charge in [0.25, 0.3) is 0 Å². The van der Waals surface area contributed by atoms with Crippen LogP contribution in [0.3, 0.4) is 0 Å². The van der Waals surface area contributed by atoms with E-state index in [0.29, 0.717) is 19.4 Å². The molecule has 0 aromatic carbocycles. The second-order valence-electron chi connectivity index (χ2n) is 5.00. The zero-order valence-electron chi connectivity index (χ0n) is 11.0. The van der Waals surface area contributed by atoms with Crippen molar-refractivity contribution in [3.05, 3.63) is 0 Å². The van der Waals surface area contributed by atoms with E-state index >= 15 is 0 Å². The van der Waals surface area contributed by atoms with Gasteiger partial charge in [-0.2, -0.15) is 5.26 Å². The fourth-order valence-electron chi connectivity index (χ4n) is 2.07. The van der Waals surface area contributed by atoms with Gasteiger partial charge in [0.05, 0.1) is 12.5 Å². The standard InChI is InChI=1S/C13H23N3O/c1-12-4-9-16(10-5-12)11-6-13(17)15(2)8-3-7-14/h12H,3-6,8-11H2,1-2H3. The summed E-state index contributed by atoms with van der Waals surface area (Å²) >= 11 is 0. The first kappa shape index (κ1) is 14.0. The molecule has 1 saturated heterocycles. The molecule has 4 heteroatoms. The highest BCUT2D eigenvalue weighted by atomic mass is 16.2. The molecule has 0 radical (unpaired) electrons. The van der Waals surface area contributed by atoms with Crippen molar-refractivity contribution < 1.29 is 4.79 Å². The van der Waals surface area contributed by atoms with Crippen LogP contribution in [-0.4, -0.2) is 48.9 Å². The van der Waals surface area contributed by atoms with E-state index < -0.39 is 0 Å². The number of piperidine rings is 1. The van der Waals surface area contributed by atoms with E-state index in [4.69, 9.17) is 5.26 Å². The number of hydrogen-bond donors (Lipinski definition) is 0. The Labute approximate surface area is 104 Å². The summed E-state index contributed by atoms with van der Waals surface area (Å²) in [6.45, 7) is 5.94. The molecule has 0 aliphatic carbocycles. The van der Waals surface area contributed by atoms with Crippen LogP contribution in [0.2, 0.25) is 0 Å². The molecule has 1 fully saturated rings. The summed E-state index contributed by atoms with van der Waals surface area (Å²) in [5, 5.41) is 8.46. The highest BCUT2D eigenvalue weighted by molar-refractivity contribution is 5.76. The highest BCUT2D eigenvalue weighted by Gasteiger charge is 2.17. The average Bonchev–Trinajstić information content (AvgIpc) is 2.34. The van der Waals surface area contributed by atoms with Gasteiger partial charge >= 0.3 is 0 Å². The Bertz CT molecular complexity index is 277. The van der Waals surface area contributed by atoms with Crippen LogP contribution in [0.1, 0.15) is 32.6 Å². The van der Waals surface area contributed by atoms with E-state index in [1.165, 1.54) is 12.8 Å². The molecule has 1 rings (SSSR count). The molecule has 0 spiro atoms. The Hall–Kier alpha value is -1.08. The molecule has 1 aliphatic rings. The molecule has 0 aromatic rings. The lowest BCUT2D eigenvalue weighted by molar-refractivity contribution is -0.130. The number of carbonyl (C=O) groups is 1. The predicted octanol–water partition coefficient (Wildman–Crippen LogP) is 1.48. The molecule has 4 nitrogen and oxygen atoms in total. The fraction of sp³-hybridized carbons (Fsp3) is 0.846. The lowest BCUT2D eigenvalue weighted by atomic mass is 9.99. The minimum absolute atomic E-state index is 0.152. The molecule has 1 amide bonds. The van der Waals surface area contributed by atoms with Gasteiger partial charge in [-0.15, -0.1) is 0 Å². The van der Waals surface area contributed by atoms with Crippen molar-refractivity contribution in [1.29, 1.82) is 5.26 Å². The van der Waals surface area contributed by atoms with Crippen LogP contribution in [0.4, 0.5) is 0 Å². The van der Waals surface area contributed by atoms with Crippen molar-refractivity contribution in [2.24, 2.45) is 5.92 Å². The molecule has 0 aromatic heterocycles. The number of likely N-dealkylation sites (tertiary alicyclic amines) is 1. The summed E-state index contributed by atoms with van der Waals surface area (Å²) in [6, 6.07) is 2.06. The summed E-state index contributed by atoms with van der Waals surface area (Å²) in [5.41, 5.74) is 0. The second kappa shape index (κ2) is 7.29. The SMILES string of the molecule is CC1CCN(CCC(=O)N(C)CCC#N)CC1. The van der Waals surface area contributed by atoms with Crippen LogP contribution < -0.4 is 0 Å². The topological polar surface area (TPSA) is 47.3 Å². The number of hydrogen-bond acceptors (Lipinski definition) is 3. The largest absolute Gasteiger partial charge is 0.345 e. The van der Waals surface area contributed by atoms with Crippen LogP contribution in [0.5, 0.6) is 0 Å². The lowest BCUT2D eigenvalue weighted by Gasteiger charge is -2.30. The molecule has 17 heavy (non-hydrogen) atoms. The number of nitrogens with zero attached hydrogens (tertiary/aromatic N) is 3. The van der Waals surface area contributed by atoms with Gasteiger partial charge in [0.2, 0.25) is 5.91 Å². The molecule has 1 heterocycles. The molecular formula is C13H23N3O. The maximum Gasteiger partial charge on any atom is 0.223 e. The third kappa shape index (κ3) is 5.18. The van der Waals surface area contributed by atoms with Gasteiger partial charge in [-0.25, -0.2) is 0 Å². The van der Waals surface area contributed by atoms with Gasteiger partial charge in [-0.05, 0) is 31.8 Å². The molecule has 0 atom stereocenters. The molecule has 96 valence electrons. The van der Waals surface area contributed by atoms with Gasteiger partial charge < -0.3 is 9.80 Å². The van der Waals surface area contributed by atoms with Gasteiger partial charge in [0.15, 0.2) is 0 Å². The van der Waals surface area contributed by atoms with Crippen molar-refractivity contribution in [2.75, 3.05) is 33.2 Å². The van der Waals surface area contributed by atoms with E-state index in [9.17, 15) is 4.79 Å². The highest BCUT2D eigenvalue weighted by Crippen LogP contribution is 2.15. The number of carbonyl (C=O) groups excluding carboxylic acids is 1. The summed E-state index contributed by atoms with van der Waals surface area (Å²) < 4.78 is 0. The van der Waals surface area contributed by atoms with Crippen LogP contribution in [0, 0.1) is 17.2 Å². The number of rotatable bonds is 5. The van der Waals surface area contributed by atoms with Crippen molar-refractivity contribution in [1.82, 2.24) is 9.80 Å². The quantitative estimate of drug-likeness (QED) is 0.727. The summed E-state index contributed by atoms with van der Waals surface area (Å²) in [6.07, 6.45) is 3.50. The second-order valence-corrected chi connectivity index (χ2v) is 5.00. The van der Waals surface area contributed by atoms with Crippen molar-refractivity contribution in [3.8, 4) is 6.07 Å². The monoisotopic (exact) mass is 237 g/mol. The average molecular weight is 237 g/mol. The van der Waals surface area contributed by atoms with E-state index in [2.05, 4.69) is 17.9 Å². The number of nitriles is 1. The van der Waals surface area contributed by atoms with E-state index in [1.807, 2.05) is 0 Å². The van der Waals surface area contributed by atoms with Crippen molar-refractivity contribution >= 4 is 5.91 Å². The van der Waals surface area contributed by atoms with E-state index in [0.717, 1.165) is 25.6 Å². The smallest absolute Gasteiger partial charge is 0.223 e. The molecule has 0 N–H and O–H groups in total. The van der Waals surface area contributed by atoms with Gasteiger partial charge in [0.1, 0.15) is 0 Å². The Balaban J connectivity index is 2.17. The van der Waals surface area contributed by atoms with Crippen LogP contribution in [-0.2, 0) is 4.79 Å². The third-order valence-corrected chi connectivity index (χ3v) is 3.50. The van der Waals surface area contributed by atoms with Crippen molar-refractivity contribution in [2.45, 2.75) is 32.6 Å². The van der Waals surface area contributed by atoms with E-state index in [-0.39, 0.29) is 5.91 Å². The van der Waals surface area contributed by atoms with Crippen LogP contribution >= 0.6 is 0 Å². The maximum absolute atomic E-state index is 11.7. The Morgan fingerprint density at radius 1 is 1.47 bits per heavy atom. The molecule has 0 saturated carbocycles. The summed E-state index contributed by atoms with van der Waals surface area (Å²) in [7, 11) is 1.78. The zero-order valence-corrected chi connectivity index (χ0v) is 11.0. The Morgan fingerprint density at radius 2 is 2.12 bits per heavy atom. The maximum atomic E-state index is 11.7. The molecule has 0 bridgehead atoms. The molecule has 1 aliphatic heterocycles. The normalized spacial score (nSPS) is 17.7. The number of amides is 1. The Kier molecular flexibility index (Phi) is 5.99. The van der Waals surface area contributed by atoms with Gasteiger partial charge in [-0.1, -0.05) is 6.92 Å². The minimum atomic E-state index is 0.152. The lowest BCUT2D eigenvalue weighted by Crippen LogP contribution is -2.36. The van der Waals surface area contributed by atoms with Crippen LogP contribution in [0.15, 0.2) is 0 Å². The predicted molar refractivity (Wildman–Crippen MR) is 67.3 cm³/mol.